The van der Waals surface area contributed by atoms with Crippen LogP contribution in [-0.4, -0.2) is 30.3 Å². The first kappa shape index (κ1) is 20.2. The lowest BCUT2D eigenvalue weighted by molar-refractivity contribution is -0.138. The van der Waals surface area contributed by atoms with E-state index in [4.69, 9.17) is 16.7 Å². The van der Waals surface area contributed by atoms with E-state index in [0.29, 0.717) is 15.9 Å². The highest BCUT2D eigenvalue weighted by Crippen LogP contribution is 2.31. The summed E-state index contributed by atoms with van der Waals surface area (Å²) in [7, 11) is -4.50. The van der Waals surface area contributed by atoms with Crippen molar-refractivity contribution in [3.63, 3.8) is 0 Å². The van der Waals surface area contributed by atoms with E-state index in [1.165, 1.54) is 12.1 Å². The van der Waals surface area contributed by atoms with E-state index in [1.807, 2.05) is 0 Å². The maximum Gasteiger partial charge on any atom is 0.416 e. The summed E-state index contributed by atoms with van der Waals surface area (Å²) in [6, 6.07) is 9.30. The molecule has 0 heterocycles. The quantitative estimate of drug-likeness (QED) is 0.793. The molecule has 0 atom stereocenters. The second-order valence-electron chi connectivity index (χ2n) is 5.28. The highest BCUT2D eigenvalue weighted by molar-refractivity contribution is 7.89. The number of carboxylic acid groups (broad SMARTS) is 1. The van der Waals surface area contributed by atoms with Gasteiger partial charge < -0.3 is 5.11 Å². The molecule has 0 radical (unpaired) electrons. The lowest BCUT2D eigenvalue weighted by atomic mass is 10.2. The number of aliphatic carboxylic acids is 1. The lowest BCUT2D eigenvalue weighted by Crippen LogP contribution is -2.35. The van der Waals surface area contributed by atoms with Gasteiger partial charge in [-0.25, -0.2) is 8.42 Å². The summed E-state index contributed by atoms with van der Waals surface area (Å²) in [6.07, 6.45) is -4.73. The van der Waals surface area contributed by atoms with Crippen LogP contribution in [0.4, 0.5) is 13.2 Å². The van der Waals surface area contributed by atoms with Gasteiger partial charge in [0.05, 0.1) is 10.5 Å². The summed E-state index contributed by atoms with van der Waals surface area (Å²) in [5.41, 5.74) is -0.822. The van der Waals surface area contributed by atoms with Crippen molar-refractivity contribution in [1.82, 2.24) is 4.31 Å². The molecular formula is C16H13ClF3NO4S. The first-order valence-electron chi connectivity index (χ1n) is 7.14. The predicted molar refractivity (Wildman–Crippen MR) is 88.1 cm³/mol. The molecule has 0 saturated heterocycles. The Morgan fingerprint density at radius 2 is 1.77 bits per heavy atom. The fraction of sp³-hybridized carbons (Fsp3) is 0.188. The molecule has 2 aromatic rings. The van der Waals surface area contributed by atoms with Crippen LogP contribution >= 0.6 is 11.6 Å². The Hall–Kier alpha value is -2.10. The minimum absolute atomic E-state index is 0.210. The second-order valence-corrected chi connectivity index (χ2v) is 7.63. The molecule has 2 aromatic carbocycles. The molecule has 0 unspecified atom stereocenters. The molecule has 0 amide bonds. The van der Waals surface area contributed by atoms with Crippen molar-refractivity contribution < 1.29 is 31.5 Å². The number of halogens is 4. The Balaban J connectivity index is 2.46. The maximum absolute atomic E-state index is 12.8. The number of rotatable bonds is 6. The Bertz CT molecular complexity index is 916. The van der Waals surface area contributed by atoms with Crippen LogP contribution < -0.4 is 0 Å². The smallest absolute Gasteiger partial charge is 0.416 e. The van der Waals surface area contributed by atoms with Gasteiger partial charge in [0.25, 0.3) is 0 Å². The fourth-order valence-corrected chi connectivity index (χ4v) is 3.78. The monoisotopic (exact) mass is 407 g/mol. The summed E-state index contributed by atoms with van der Waals surface area (Å²) in [5, 5.41) is 9.22. The first-order chi connectivity index (χ1) is 12.0. The molecule has 0 spiro atoms. The van der Waals surface area contributed by atoms with Crippen molar-refractivity contribution >= 4 is 27.6 Å². The molecule has 0 fully saturated rings. The van der Waals surface area contributed by atoms with Crippen molar-refractivity contribution in [3.05, 3.63) is 64.7 Å². The van der Waals surface area contributed by atoms with Crippen LogP contribution in [0.15, 0.2) is 53.4 Å². The molecule has 0 bridgehead atoms. The summed E-state index contributed by atoms with van der Waals surface area (Å²) in [6.45, 7) is -1.33. The second kappa shape index (κ2) is 7.65. The van der Waals surface area contributed by atoms with E-state index in [2.05, 4.69) is 0 Å². The Morgan fingerprint density at radius 3 is 2.35 bits per heavy atom. The van der Waals surface area contributed by atoms with Gasteiger partial charge in [0.2, 0.25) is 10.0 Å². The van der Waals surface area contributed by atoms with Gasteiger partial charge in [0.15, 0.2) is 0 Å². The molecule has 1 N–H and O–H groups in total. The van der Waals surface area contributed by atoms with E-state index in [1.54, 1.807) is 12.1 Å². The van der Waals surface area contributed by atoms with E-state index in [-0.39, 0.29) is 5.02 Å². The molecule has 0 aliphatic heterocycles. The van der Waals surface area contributed by atoms with Crippen molar-refractivity contribution in [3.8, 4) is 0 Å². The van der Waals surface area contributed by atoms with E-state index in [9.17, 15) is 26.4 Å². The van der Waals surface area contributed by atoms with Crippen LogP contribution in [0.2, 0.25) is 5.02 Å². The third-order valence-corrected chi connectivity index (χ3v) is 5.57. The summed E-state index contributed by atoms with van der Waals surface area (Å²) in [5.74, 6) is -1.45. The fourth-order valence-electron chi connectivity index (χ4n) is 2.18. The van der Waals surface area contributed by atoms with Crippen molar-refractivity contribution in [2.75, 3.05) is 6.54 Å². The zero-order valence-electron chi connectivity index (χ0n) is 13.1. The number of benzene rings is 2. The SMILES string of the molecule is O=C(O)CN(Cc1ccccc1Cl)S(=O)(=O)c1cccc(C(F)(F)F)c1. The summed E-state index contributed by atoms with van der Waals surface area (Å²) in [4.78, 5) is 10.4. The molecule has 140 valence electrons. The number of alkyl halides is 3. The number of sulfonamides is 1. The van der Waals surface area contributed by atoms with Crippen molar-refractivity contribution in [2.45, 2.75) is 17.6 Å². The maximum atomic E-state index is 12.8. The van der Waals surface area contributed by atoms with Crippen LogP contribution in [0.1, 0.15) is 11.1 Å². The molecule has 2 rings (SSSR count). The number of hydrogen-bond donors (Lipinski definition) is 1. The number of carbonyl (C=O) groups is 1. The van der Waals surface area contributed by atoms with Crippen LogP contribution in [0.5, 0.6) is 0 Å². The van der Waals surface area contributed by atoms with Gasteiger partial charge in [-0.05, 0) is 29.8 Å². The van der Waals surface area contributed by atoms with Gasteiger partial charge in [-0.3, -0.25) is 4.79 Å². The van der Waals surface area contributed by atoms with E-state index < -0.39 is 45.7 Å². The lowest BCUT2D eigenvalue weighted by Gasteiger charge is -2.21. The average molecular weight is 408 g/mol. The van der Waals surface area contributed by atoms with E-state index in [0.717, 1.165) is 18.2 Å². The molecule has 26 heavy (non-hydrogen) atoms. The van der Waals surface area contributed by atoms with Gasteiger partial charge in [-0.2, -0.15) is 17.5 Å². The molecule has 0 aromatic heterocycles. The third-order valence-electron chi connectivity index (χ3n) is 3.42. The van der Waals surface area contributed by atoms with E-state index >= 15 is 0 Å². The van der Waals surface area contributed by atoms with Gasteiger partial charge in [0.1, 0.15) is 6.54 Å². The Morgan fingerprint density at radius 1 is 1.12 bits per heavy atom. The highest BCUT2D eigenvalue weighted by atomic mass is 35.5. The van der Waals surface area contributed by atoms with Crippen molar-refractivity contribution in [2.24, 2.45) is 0 Å². The molecule has 0 aliphatic rings. The Labute approximate surface area is 152 Å². The average Bonchev–Trinajstić information content (AvgIpc) is 2.55. The van der Waals surface area contributed by atoms with Crippen LogP contribution in [0.3, 0.4) is 0 Å². The number of carboxylic acids is 1. The Kier molecular flexibility index (Phi) is 5.94. The molecular weight excluding hydrogens is 395 g/mol. The minimum Gasteiger partial charge on any atom is -0.480 e. The standard InChI is InChI=1S/C16H13ClF3NO4S/c17-14-7-2-1-4-11(14)9-21(10-15(22)23)26(24,25)13-6-3-5-12(8-13)16(18,19)20/h1-8H,9-10H2,(H,22,23). The molecule has 0 saturated carbocycles. The normalized spacial score (nSPS) is 12.3. The largest absolute Gasteiger partial charge is 0.480 e. The summed E-state index contributed by atoms with van der Waals surface area (Å²) < 4.78 is 64.5. The van der Waals surface area contributed by atoms with Crippen LogP contribution in [0.25, 0.3) is 0 Å². The van der Waals surface area contributed by atoms with Crippen molar-refractivity contribution in [1.29, 1.82) is 0 Å². The van der Waals surface area contributed by atoms with Crippen LogP contribution in [-0.2, 0) is 27.5 Å². The predicted octanol–water partition coefficient (Wildman–Crippen LogP) is 3.63. The third kappa shape index (κ3) is 4.75. The van der Waals surface area contributed by atoms with Gasteiger partial charge in [0, 0.05) is 11.6 Å². The highest BCUT2D eigenvalue weighted by Gasteiger charge is 2.33. The zero-order valence-corrected chi connectivity index (χ0v) is 14.6. The summed E-state index contributed by atoms with van der Waals surface area (Å²) >= 11 is 5.97. The first-order valence-corrected chi connectivity index (χ1v) is 8.96. The molecule has 5 nitrogen and oxygen atoms in total. The number of nitrogens with zero attached hydrogens (tertiary/aromatic N) is 1. The molecule has 10 heteroatoms. The zero-order chi connectivity index (χ0) is 19.5. The topological polar surface area (TPSA) is 74.7 Å². The van der Waals surface area contributed by atoms with Gasteiger partial charge in [-0.15, -0.1) is 0 Å². The number of hydrogen-bond acceptors (Lipinski definition) is 3. The minimum atomic E-state index is -4.73. The van der Waals surface area contributed by atoms with Crippen LogP contribution in [0, 0.1) is 0 Å². The van der Waals surface area contributed by atoms with Gasteiger partial charge in [-0.1, -0.05) is 35.9 Å². The van der Waals surface area contributed by atoms with Gasteiger partial charge >= 0.3 is 12.1 Å². The molecule has 0 aliphatic carbocycles.